The molecular weight excluding hydrogens is 296 g/mol. The quantitative estimate of drug-likeness (QED) is 0.767. The number of hydrogen-bond acceptors (Lipinski definition) is 5. The van der Waals surface area contributed by atoms with E-state index in [0.29, 0.717) is 42.6 Å². The molecule has 3 rings (SSSR count). The van der Waals surface area contributed by atoms with E-state index in [9.17, 15) is 4.79 Å². The van der Waals surface area contributed by atoms with Crippen molar-refractivity contribution < 1.29 is 23.7 Å². The normalized spacial score (nSPS) is 16.0. The van der Waals surface area contributed by atoms with Gasteiger partial charge in [0.15, 0.2) is 23.9 Å². The van der Waals surface area contributed by atoms with Crippen molar-refractivity contribution in [1.29, 1.82) is 0 Å². The Labute approximate surface area is 134 Å². The number of rotatable bonds is 6. The van der Waals surface area contributed by atoms with Gasteiger partial charge >= 0.3 is 0 Å². The second-order valence-electron chi connectivity index (χ2n) is 5.21. The summed E-state index contributed by atoms with van der Waals surface area (Å²) < 4.78 is 22.4. The molecule has 2 aromatic rings. The Balaban J connectivity index is 1.60. The molecule has 5 nitrogen and oxygen atoms in total. The van der Waals surface area contributed by atoms with Crippen LogP contribution >= 0.6 is 0 Å². The Morgan fingerprint density at radius 2 is 2.04 bits per heavy atom. The van der Waals surface area contributed by atoms with Crippen molar-refractivity contribution in [3.63, 3.8) is 0 Å². The topological polar surface area (TPSA) is 54.0 Å². The zero-order valence-electron chi connectivity index (χ0n) is 12.9. The Morgan fingerprint density at radius 1 is 1.22 bits per heavy atom. The molecule has 1 aliphatic heterocycles. The molecule has 0 aromatic heterocycles. The number of ether oxygens (including phenoxy) is 4. The smallest absolute Gasteiger partial charge is 0.165 e. The van der Waals surface area contributed by atoms with E-state index in [2.05, 4.69) is 0 Å². The van der Waals surface area contributed by atoms with Crippen LogP contribution in [0.1, 0.15) is 15.9 Å². The van der Waals surface area contributed by atoms with Gasteiger partial charge in [-0.15, -0.1) is 0 Å². The van der Waals surface area contributed by atoms with E-state index >= 15 is 0 Å². The van der Waals surface area contributed by atoms with Gasteiger partial charge in [-0.05, 0) is 11.6 Å². The fourth-order valence-corrected chi connectivity index (χ4v) is 2.39. The first kappa shape index (κ1) is 15.4. The summed E-state index contributed by atoms with van der Waals surface area (Å²) in [5.74, 6) is 1.58. The molecule has 23 heavy (non-hydrogen) atoms. The van der Waals surface area contributed by atoms with Crippen molar-refractivity contribution in [2.24, 2.45) is 0 Å². The highest BCUT2D eigenvalue weighted by Gasteiger charge is 2.23. The van der Waals surface area contributed by atoms with E-state index in [1.165, 1.54) is 7.11 Å². The molecular formula is C18H18O5. The number of aldehydes is 1. The van der Waals surface area contributed by atoms with Gasteiger partial charge in [-0.2, -0.15) is 0 Å². The van der Waals surface area contributed by atoms with E-state index in [1.807, 2.05) is 30.3 Å². The lowest BCUT2D eigenvalue weighted by molar-refractivity contribution is 0.00257. The highest BCUT2D eigenvalue weighted by molar-refractivity contribution is 5.81. The third-order valence-corrected chi connectivity index (χ3v) is 3.56. The minimum Gasteiger partial charge on any atom is -0.496 e. The maximum Gasteiger partial charge on any atom is 0.165 e. The number of carbonyl (C=O) groups is 1. The average Bonchev–Trinajstić information content (AvgIpc) is 2.61. The van der Waals surface area contributed by atoms with Crippen LogP contribution in [0.2, 0.25) is 0 Å². The number of fused-ring (bicyclic) bond motifs is 1. The van der Waals surface area contributed by atoms with Crippen molar-refractivity contribution in [2.45, 2.75) is 12.7 Å². The zero-order valence-corrected chi connectivity index (χ0v) is 12.9. The van der Waals surface area contributed by atoms with Gasteiger partial charge in [-0.3, -0.25) is 4.79 Å². The second kappa shape index (κ2) is 7.15. The van der Waals surface area contributed by atoms with E-state index in [-0.39, 0.29) is 6.10 Å². The van der Waals surface area contributed by atoms with E-state index in [1.54, 1.807) is 12.1 Å². The molecule has 0 aliphatic carbocycles. The van der Waals surface area contributed by atoms with Gasteiger partial charge in [0.1, 0.15) is 12.4 Å². The van der Waals surface area contributed by atoms with Crippen molar-refractivity contribution in [3.8, 4) is 17.2 Å². The molecule has 120 valence electrons. The minimum atomic E-state index is -0.209. The molecule has 0 spiro atoms. The first-order valence-electron chi connectivity index (χ1n) is 7.38. The second-order valence-corrected chi connectivity index (χ2v) is 5.21. The first-order valence-corrected chi connectivity index (χ1v) is 7.38. The van der Waals surface area contributed by atoms with Gasteiger partial charge < -0.3 is 18.9 Å². The molecule has 1 aliphatic rings. The van der Waals surface area contributed by atoms with Crippen LogP contribution in [0.4, 0.5) is 0 Å². The van der Waals surface area contributed by atoms with Crippen LogP contribution in [0.5, 0.6) is 17.2 Å². The summed E-state index contributed by atoms with van der Waals surface area (Å²) >= 11 is 0. The van der Waals surface area contributed by atoms with E-state index < -0.39 is 0 Å². The highest BCUT2D eigenvalue weighted by atomic mass is 16.6. The standard InChI is InChI=1S/C18H18O5/c1-20-16-8-17-18(7-14(16)9-19)23-15(12-22-17)11-21-10-13-5-3-2-4-6-13/h2-9,15H,10-12H2,1H3/t15-/m1/s1. The molecule has 1 atom stereocenters. The van der Waals surface area contributed by atoms with Gasteiger partial charge in [0, 0.05) is 6.07 Å². The van der Waals surface area contributed by atoms with E-state index in [0.717, 1.165) is 11.8 Å². The Kier molecular flexibility index (Phi) is 4.78. The van der Waals surface area contributed by atoms with Crippen molar-refractivity contribution >= 4 is 6.29 Å². The molecule has 0 radical (unpaired) electrons. The maximum atomic E-state index is 11.1. The highest BCUT2D eigenvalue weighted by Crippen LogP contribution is 2.37. The lowest BCUT2D eigenvalue weighted by Crippen LogP contribution is -2.33. The van der Waals surface area contributed by atoms with Crippen molar-refractivity contribution in [2.75, 3.05) is 20.3 Å². The third-order valence-electron chi connectivity index (χ3n) is 3.56. The number of methoxy groups -OCH3 is 1. The zero-order chi connectivity index (χ0) is 16.1. The summed E-state index contributed by atoms with van der Waals surface area (Å²) in [5, 5.41) is 0. The molecule has 1 heterocycles. The monoisotopic (exact) mass is 314 g/mol. The summed E-state index contributed by atoms with van der Waals surface area (Å²) in [6.07, 6.45) is 0.525. The molecule has 0 N–H and O–H groups in total. The largest absolute Gasteiger partial charge is 0.496 e. The van der Waals surface area contributed by atoms with Crippen LogP contribution in [0.25, 0.3) is 0 Å². The SMILES string of the molecule is COc1cc2c(cc1C=O)O[C@H](COCc1ccccc1)CO2. The predicted octanol–water partition coefficient (Wildman–Crippen LogP) is 2.86. The van der Waals surface area contributed by atoms with Gasteiger partial charge in [-0.25, -0.2) is 0 Å². The van der Waals surface area contributed by atoms with Crippen LogP contribution in [-0.2, 0) is 11.3 Å². The van der Waals surface area contributed by atoms with Crippen LogP contribution in [0.15, 0.2) is 42.5 Å². The third kappa shape index (κ3) is 3.63. The molecule has 2 aromatic carbocycles. The minimum absolute atomic E-state index is 0.209. The summed E-state index contributed by atoms with van der Waals surface area (Å²) in [4.78, 5) is 11.1. The Hall–Kier alpha value is -2.53. The van der Waals surface area contributed by atoms with Gasteiger partial charge in [0.25, 0.3) is 0 Å². The molecule has 0 unspecified atom stereocenters. The lowest BCUT2D eigenvalue weighted by atomic mass is 10.1. The van der Waals surface area contributed by atoms with Crippen LogP contribution in [0, 0.1) is 0 Å². The van der Waals surface area contributed by atoms with Crippen LogP contribution in [0.3, 0.4) is 0 Å². The fraction of sp³-hybridized carbons (Fsp3) is 0.278. The average molecular weight is 314 g/mol. The maximum absolute atomic E-state index is 11.1. The van der Waals surface area contributed by atoms with Gasteiger partial charge in [0.2, 0.25) is 0 Å². The number of carbonyl (C=O) groups excluding carboxylic acids is 1. The van der Waals surface area contributed by atoms with E-state index in [4.69, 9.17) is 18.9 Å². The fourth-order valence-electron chi connectivity index (χ4n) is 2.39. The Bertz CT molecular complexity index is 669. The summed E-state index contributed by atoms with van der Waals surface area (Å²) in [5.41, 5.74) is 1.54. The Morgan fingerprint density at radius 3 is 2.78 bits per heavy atom. The van der Waals surface area contributed by atoms with Crippen molar-refractivity contribution in [3.05, 3.63) is 53.6 Å². The molecule has 5 heteroatoms. The van der Waals surface area contributed by atoms with Gasteiger partial charge in [-0.1, -0.05) is 30.3 Å². The molecule has 0 amide bonds. The lowest BCUT2D eigenvalue weighted by Gasteiger charge is -2.27. The van der Waals surface area contributed by atoms with Crippen LogP contribution < -0.4 is 14.2 Å². The summed E-state index contributed by atoms with van der Waals surface area (Å²) in [6, 6.07) is 13.2. The molecule has 0 saturated heterocycles. The predicted molar refractivity (Wildman–Crippen MR) is 84.4 cm³/mol. The van der Waals surface area contributed by atoms with Crippen LogP contribution in [-0.4, -0.2) is 32.7 Å². The first-order chi connectivity index (χ1) is 11.3. The molecule has 0 bridgehead atoms. The summed E-state index contributed by atoms with van der Waals surface area (Å²) in [7, 11) is 1.51. The molecule has 0 saturated carbocycles. The van der Waals surface area contributed by atoms with Gasteiger partial charge in [0.05, 0.1) is 25.9 Å². The molecule has 0 fully saturated rings. The number of benzene rings is 2. The summed E-state index contributed by atoms with van der Waals surface area (Å²) in [6.45, 7) is 1.33. The number of hydrogen-bond donors (Lipinski definition) is 0. The van der Waals surface area contributed by atoms with Crippen molar-refractivity contribution in [1.82, 2.24) is 0 Å².